The smallest absolute Gasteiger partial charge is 0.237 e. The topological polar surface area (TPSA) is 64.3 Å². The van der Waals surface area contributed by atoms with Gasteiger partial charge in [-0.25, -0.2) is 0 Å². The molecule has 0 spiro atoms. The van der Waals surface area contributed by atoms with E-state index in [2.05, 4.69) is 19.2 Å². The summed E-state index contributed by atoms with van der Waals surface area (Å²) in [5.41, 5.74) is 6.14. The molecule has 4 nitrogen and oxygen atoms in total. The molecule has 1 aromatic rings. The lowest BCUT2D eigenvalue weighted by atomic mass is 9.94. The first-order valence-electron chi connectivity index (χ1n) is 7.03. The van der Waals surface area contributed by atoms with E-state index in [0.717, 1.165) is 11.3 Å². The van der Waals surface area contributed by atoms with Crippen LogP contribution >= 0.6 is 0 Å². The summed E-state index contributed by atoms with van der Waals surface area (Å²) in [6.07, 6.45) is 0. The van der Waals surface area contributed by atoms with Gasteiger partial charge in [0, 0.05) is 0 Å². The number of amides is 1. The largest absolute Gasteiger partial charge is 0.493 e. The minimum absolute atomic E-state index is 0.157. The van der Waals surface area contributed by atoms with Gasteiger partial charge in [0.05, 0.1) is 18.2 Å². The van der Waals surface area contributed by atoms with E-state index in [9.17, 15) is 4.79 Å². The molecule has 112 valence electrons. The number of carbonyl (C=O) groups is 1. The molecule has 0 saturated heterocycles. The van der Waals surface area contributed by atoms with Crippen LogP contribution in [0, 0.1) is 5.92 Å². The zero-order valence-electron chi connectivity index (χ0n) is 13.1. The van der Waals surface area contributed by atoms with Crippen LogP contribution in [0.4, 0.5) is 0 Å². The molecule has 1 amide bonds. The lowest BCUT2D eigenvalue weighted by Gasteiger charge is -2.28. The van der Waals surface area contributed by atoms with Gasteiger partial charge in [0.1, 0.15) is 5.75 Å². The lowest BCUT2D eigenvalue weighted by molar-refractivity contribution is -0.123. The molecule has 0 unspecified atom stereocenters. The van der Waals surface area contributed by atoms with Crippen molar-refractivity contribution in [2.75, 3.05) is 6.61 Å². The summed E-state index contributed by atoms with van der Waals surface area (Å²) < 4.78 is 5.65. The molecule has 0 heterocycles. The Kier molecular flexibility index (Phi) is 5.57. The van der Waals surface area contributed by atoms with Crippen LogP contribution in [-0.4, -0.2) is 18.6 Å². The SMILES string of the molecule is CC(C)COc1ccc(C(C)(C)NC(=O)[C@H](C)N)cc1. The third-order valence-electron chi connectivity index (χ3n) is 3.01. The van der Waals surface area contributed by atoms with E-state index in [4.69, 9.17) is 10.5 Å². The molecule has 0 bridgehead atoms. The van der Waals surface area contributed by atoms with Crippen LogP contribution in [0.1, 0.15) is 40.2 Å². The number of hydrogen-bond donors (Lipinski definition) is 2. The van der Waals surface area contributed by atoms with Gasteiger partial charge in [-0.15, -0.1) is 0 Å². The van der Waals surface area contributed by atoms with E-state index in [1.165, 1.54) is 0 Å². The normalized spacial score (nSPS) is 13.2. The first kappa shape index (κ1) is 16.5. The molecule has 1 rings (SSSR count). The summed E-state index contributed by atoms with van der Waals surface area (Å²) in [7, 11) is 0. The van der Waals surface area contributed by atoms with Crippen LogP contribution < -0.4 is 15.8 Å². The van der Waals surface area contributed by atoms with Crippen molar-refractivity contribution in [3.63, 3.8) is 0 Å². The fraction of sp³-hybridized carbons (Fsp3) is 0.562. The average Bonchev–Trinajstić information content (AvgIpc) is 2.36. The number of carbonyl (C=O) groups excluding carboxylic acids is 1. The van der Waals surface area contributed by atoms with E-state index >= 15 is 0 Å². The fourth-order valence-corrected chi connectivity index (χ4v) is 1.72. The van der Waals surface area contributed by atoms with Crippen molar-refractivity contribution in [3.05, 3.63) is 29.8 Å². The Labute approximate surface area is 121 Å². The van der Waals surface area contributed by atoms with Crippen molar-refractivity contribution in [2.45, 2.75) is 46.2 Å². The van der Waals surface area contributed by atoms with Gasteiger partial charge in [0.15, 0.2) is 0 Å². The maximum Gasteiger partial charge on any atom is 0.237 e. The van der Waals surface area contributed by atoms with Crippen LogP contribution in [0.2, 0.25) is 0 Å². The summed E-state index contributed by atoms with van der Waals surface area (Å²) in [6.45, 7) is 10.5. The van der Waals surface area contributed by atoms with Crippen molar-refractivity contribution in [1.29, 1.82) is 0 Å². The Morgan fingerprint density at radius 1 is 1.25 bits per heavy atom. The van der Waals surface area contributed by atoms with Gasteiger partial charge < -0.3 is 15.8 Å². The number of nitrogens with one attached hydrogen (secondary N) is 1. The minimum atomic E-state index is -0.511. The number of benzene rings is 1. The highest BCUT2D eigenvalue weighted by atomic mass is 16.5. The number of nitrogens with two attached hydrogens (primary N) is 1. The van der Waals surface area contributed by atoms with Crippen molar-refractivity contribution < 1.29 is 9.53 Å². The van der Waals surface area contributed by atoms with Crippen LogP contribution in [0.3, 0.4) is 0 Å². The molecule has 0 aliphatic heterocycles. The van der Waals surface area contributed by atoms with Crippen LogP contribution in [0.15, 0.2) is 24.3 Å². The summed E-state index contributed by atoms with van der Waals surface area (Å²) in [6, 6.07) is 7.28. The molecular weight excluding hydrogens is 252 g/mol. The predicted octanol–water partition coefficient (Wildman–Crippen LogP) is 2.42. The van der Waals surface area contributed by atoms with Crippen LogP contribution in [0.25, 0.3) is 0 Å². The highest BCUT2D eigenvalue weighted by Gasteiger charge is 2.24. The van der Waals surface area contributed by atoms with Gasteiger partial charge in [-0.1, -0.05) is 26.0 Å². The molecule has 1 atom stereocenters. The lowest BCUT2D eigenvalue weighted by Crippen LogP contribution is -2.47. The average molecular weight is 278 g/mol. The molecule has 0 saturated carbocycles. The Hall–Kier alpha value is -1.55. The Morgan fingerprint density at radius 2 is 1.80 bits per heavy atom. The Bertz CT molecular complexity index is 436. The quantitative estimate of drug-likeness (QED) is 0.840. The maximum atomic E-state index is 11.7. The third-order valence-corrected chi connectivity index (χ3v) is 3.01. The summed E-state index contributed by atoms with van der Waals surface area (Å²) in [5.74, 6) is 1.18. The van der Waals surface area contributed by atoms with Gasteiger partial charge in [-0.2, -0.15) is 0 Å². The van der Waals surface area contributed by atoms with Gasteiger partial charge in [0.2, 0.25) is 5.91 Å². The highest BCUT2D eigenvalue weighted by molar-refractivity contribution is 5.81. The summed E-state index contributed by atoms with van der Waals surface area (Å²) in [5, 5.41) is 2.94. The molecule has 0 fully saturated rings. The monoisotopic (exact) mass is 278 g/mol. The van der Waals surface area contributed by atoms with Crippen molar-refractivity contribution in [2.24, 2.45) is 11.7 Å². The molecule has 3 N–H and O–H groups in total. The Morgan fingerprint density at radius 3 is 2.25 bits per heavy atom. The first-order valence-corrected chi connectivity index (χ1v) is 7.03. The third kappa shape index (κ3) is 4.85. The van der Waals surface area contributed by atoms with Gasteiger partial charge >= 0.3 is 0 Å². The van der Waals surface area contributed by atoms with E-state index in [1.54, 1.807) is 6.92 Å². The summed E-state index contributed by atoms with van der Waals surface area (Å²) >= 11 is 0. The zero-order chi connectivity index (χ0) is 15.3. The standard InChI is InChI=1S/C16H26N2O2/c1-11(2)10-20-14-8-6-13(7-9-14)16(4,5)18-15(19)12(3)17/h6-9,11-12H,10,17H2,1-5H3,(H,18,19)/t12-/m0/s1. The van der Waals surface area contributed by atoms with Gasteiger partial charge in [-0.05, 0) is 44.4 Å². The first-order chi connectivity index (χ1) is 9.22. The van der Waals surface area contributed by atoms with E-state index in [1.807, 2.05) is 38.1 Å². The molecule has 0 aliphatic carbocycles. The predicted molar refractivity (Wildman–Crippen MR) is 81.6 cm³/mol. The Balaban J connectivity index is 2.73. The fourth-order valence-electron chi connectivity index (χ4n) is 1.72. The van der Waals surface area contributed by atoms with Crippen LogP contribution in [0.5, 0.6) is 5.75 Å². The van der Waals surface area contributed by atoms with E-state index < -0.39 is 11.6 Å². The molecule has 20 heavy (non-hydrogen) atoms. The molecule has 4 heteroatoms. The molecule has 0 radical (unpaired) electrons. The minimum Gasteiger partial charge on any atom is -0.493 e. The van der Waals surface area contributed by atoms with Gasteiger partial charge in [-0.3, -0.25) is 4.79 Å². The molecule has 0 aliphatic rings. The highest BCUT2D eigenvalue weighted by Crippen LogP contribution is 2.23. The van der Waals surface area contributed by atoms with Gasteiger partial charge in [0.25, 0.3) is 0 Å². The molecule has 0 aromatic heterocycles. The maximum absolute atomic E-state index is 11.7. The van der Waals surface area contributed by atoms with E-state index in [-0.39, 0.29) is 5.91 Å². The number of hydrogen-bond acceptors (Lipinski definition) is 3. The number of rotatable bonds is 6. The van der Waals surface area contributed by atoms with Crippen molar-refractivity contribution in [1.82, 2.24) is 5.32 Å². The second kappa shape index (κ2) is 6.75. The zero-order valence-corrected chi connectivity index (χ0v) is 13.1. The van der Waals surface area contributed by atoms with E-state index in [0.29, 0.717) is 12.5 Å². The number of ether oxygens (including phenoxy) is 1. The molecular formula is C16H26N2O2. The van der Waals surface area contributed by atoms with Crippen LogP contribution in [-0.2, 0) is 10.3 Å². The second-order valence-electron chi connectivity index (χ2n) is 6.13. The second-order valence-corrected chi connectivity index (χ2v) is 6.13. The van der Waals surface area contributed by atoms with Crippen molar-refractivity contribution in [3.8, 4) is 5.75 Å². The van der Waals surface area contributed by atoms with Crippen molar-refractivity contribution >= 4 is 5.91 Å². The molecule has 1 aromatic carbocycles. The summed E-state index contributed by atoms with van der Waals surface area (Å²) in [4.78, 5) is 11.7.